The van der Waals surface area contributed by atoms with Crippen LogP contribution in [0.15, 0.2) is 48.0 Å². The second kappa shape index (κ2) is 9.95. The van der Waals surface area contributed by atoms with E-state index in [9.17, 15) is 18.0 Å². The van der Waals surface area contributed by atoms with Crippen molar-refractivity contribution < 1.29 is 18.0 Å². The first-order valence-electron chi connectivity index (χ1n) is 11.0. The summed E-state index contributed by atoms with van der Waals surface area (Å²) < 4.78 is 41.7. The molecule has 0 saturated heterocycles. The Morgan fingerprint density at radius 3 is 2.39 bits per heavy atom. The lowest BCUT2D eigenvalue weighted by Gasteiger charge is -2.12. The number of nitrogens with one attached hydrogen (secondary N) is 1. The Morgan fingerprint density at radius 1 is 1.08 bits per heavy atom. The van der Waals surface area contributed by atoms with Gasteiger partial charge in [0.15, 0.2) is 0 Å². The van der Waals surface area contributed by atoms with Crippen molar-refractivity contribution in [1.82, 2.24) is 20.1 Å². The van der Waals surface area contributed by atoms with Gasteiger partial charge >= 0.3 is 6.18 Å². The van der Waals surface area contributed by atoms with Crippen molar-refractivity contribution in [2.24, 2.45) is 0 Å². The van der Waals surface area contributed by atoms with E-state index in [0.717, 1.165) is 28.5 Å². The largest absolute Gasteiger partial charge is 0.417 e. The van der Waals surface area contributed by atoms with E-state index < -0.39 is 17.3 Å². The normalized spacial score (nSPS) is 11.4. The molecule has 4 aromatic rings. The molecule has 10 heteroatoms. The molecule has 0 saturated carbocycles. The summed E-state index contributed by atoms with van der Waals surface area (Å²) in [4.78, 5) is 17.0. The maximum atomic E-state index is 13.4. The number of carbonyl (C=O) groups excluding carboxylic acids is 1. The molecule has 0 aliphatic heterocycles. The third-order valence-corrected chi connectivity index (χ3v) is 6.85. The Labute approximate surface area is 210 Å². The molecule has 0 radical (unpaired) electrons. The van der Waals surface area contributed by atoms with Gasteiger partial charge in [-0.2, -0.15) is 23.5 Å². The van der Waals surface area contributed by atoms with Crippen molar-refractivity contribution in [2.45, 2.75) is 39.9 Å². The molecule has 6 nitrogen and oxygen atoms in total. The first-order chi connectivity index (χ1) is 17.1. The van der Waals surface area contributed by atoms with Crippen LogP contribution < -0.4 is 5.32 Å². The van der Waals surface area contributed by atoms with E-state index in [1.54, 1.807) is 18.5 Å². The number of amides is 1. The number of thiazole rings is 1. The predicted molar refractivity (Wildman–Crippen MR) is 130 cm³/mol. The van der Waals surface area contributed by atoms with Crippen LogP contribution in [0.5, 0.6) is 0 Å². The number of halogens is 3. The highest BCUT2D eigenvalue weighted by atomic mass is 32.1. The van der Waals surface area contributed by atoms with Crippen LogP contribution in [0.2, 0.25) is 0 Å². The Morgan fingerprint density at radius 2 is 1.78 bits per heavy atom. The molecule has 2 aromatic heterocycles. The van der Waals surface area contributed by atoms with Crippen molar-refractivity contribution >= 4 is 17.2 Å². The predicted octanol–water partition coefficient (Wildman–Crippen LogP) is 5.67. The van der Waals surface area contributed by atoms with Gasteiger partial charge in [0, 0.05) is 24.2 Å². The minimum Gasteiger partial charge on any atom is -0.347 e. The van der Waals surface area contributed by atoms with Crippen molar-refractivity contribution in [3.05, 3.63) is 97.8 Å². The van der Waals surface area contributed by atoms with Gasteiger partial charge in [-0.05, 0) is 50.1 Å². The second-order valence-electron chi connectivity index (χ2n) is 8.34. The molecule has 0 fully saturated rings. The molecule has 1 amide bonds. The number of aryl methyl sites for hydroxylation is 2. The number of aromatic nitrogens is 3. The van der Waals surface area contributed by atoms with Crippen molar-refractivity contribution in [3.63, 3.8) is 0 Å². The van der Waals surface area contributed by atoms with Crippen molar-refractivity contribution in [1.29, 1.82) is 5.26 Å². The molecule has 36 heavy (non-hydrogen) atoms. The molecule has 4 rings (SSSR count). The number of rotatable bonds is 6. The number of alkyl halides is 3. The van der Waals surface area contributed by atoms with Crippen LogP contribution in [0.3, 0.4) is 0 Å². The van der Waals surface area contributed by atoms with E-state index in [0.29, 0.717) is 29.2 Å². The molecule has 0 bridgehead atoms. The van der Waals surface area contributed by atoms with Gasteiger partial charge in [0.05, 0.1) is 39.8 Å². The third kappa shape index (κ3) is 5.16. The monoisotopic (exact) mass is 509 g/mol. The molecule has 0 spiro atoms. The molecule has 2 aromatic carbocycles. The summed E-state index contributed by atoms with van der Waals surface area (Å²) >= 11 is 1.30. The fourth-order valence-corrected chi connectivity index (χ4v) is 4.66. The average Bonchev–Trinajstić information content (AvgIpc) is 3.40. The van der Waals surface area contributed by atoms with E-state index in [1.165, 1.54) is 28.2 Å². The maximum absolute atomic E-state index is 13.4. The molecule has 0 atom stereocenters. The van der Waals surface area contributed by atoms with Gasteiger partial charge in [-0.25, -0.2) is 9.67 Å². The quantitative estimate of drug-likeness (QED) is 0.363. The van der Waals surface area contributed by atoms with E-state index in [-0.39, 0.29) is 11.6 Å². The summed E-state index contributed by atoms with van der Waals surface area (Å²) in [6.07, 6.45) is -4.09. The first kappa shape index (κ1) is 25.1. The first-order valence-corrected chi connectivity index (χ1v) is 11.9. The van der Waals surface area contributed by atoms with E-state index in [1.807, 2.05) is 38.1 Å². The van der Waals surface area contributed by atoms with Crippen molar-refractivity contribution in [2.75, 3.05) is 0 Å². The smallest absolute Gasteiger partial charge is 0.347 e. The lowest BCUT2D eigenvalue weighted by Crippen LogP contribution is -2.22. The molecule has 0 aliphatic rings. The zero-order chi connectivity index (χ0) is 26.0. The average molecular weight is 510 g/mol. The van der Waals surface area contributed by atoms with E-state index in [2.05, 4.69) is 15.4 Å². The summed E-state index contributed by atoms with van der Waals surface area (Å²) in [5.74, 6) is -0.158. The highest BCUT2D eigenvalue weighted by molar-refractivity contribution is 7.11. The van der Waals surface area contributed by atoms with Gasteiger partial charge in [0.25, 0.3) is 5.91 Å². The van der Waals surface area contributed by atoms with E-state index >= 15 is 0 Å². The zero-order valence-electron chi connectivity index (χ0n) is 19.8. The minimum absolute atomic E-state index is 0.158. The molecule has 1 N–H and O–H groups in total. The zero-order valence-corrected chi connectivity index (χ0v) is 20.6. The SMILES string of the molecule is Cc1ncsc1C(=O)NCc1ccc(Cc2c(C)nn(-c3ccc(C#N)c(C(F)(F)F)c3)c2C)cc1. The number of nitriles is 1. The van der Waals surface area contributed by atoms with Gasteiger partial charge in [0.2, 0.25) is 0 Å². The summed E-state index contributed by atoms with van der Waals surface area (Å²) in [6.45, 7) is 5.81. The van der Waals surface area contributed by atoms with Crippen LogP contribution >= 0.6 is 11.3 Å². The lowest BCUT2D eigenvalue weighted by atomic mass is 10.0. The van der Waals surface area contributed by atoms with Crippen LogP contribution in [0, 0.1) is 32.1 Å². The number of benzene rings is 2. The minimum atomic E-state index is -4.64. The van der Waals surface area contributed by atoms with E-state index in [4.69, 9.17) is 5.26 Å². The Bertz CT molecular complexity index is 1460. The highest BCUT2D eigenvalue weighted by Crippen LogP contribution is 2.33. The molecule has 0 aliphatic carbocycles. The van der Waals surface area contributed by atoms with Crippen molar-refractivity contribution in [3.8, 4) is 11.8 Å². The van der Waals surface area contributed by atoms with Crippen LogP contribution in [-0.4, -0.2) is 20.7 Å². The van der Waals surface area contributed by atoms with Gasteiger partial charge in [0.1, 0.15) is 4.88 Å². The van der Waals surface area contributed by atoms with Gasteiger partial charge < -0.3 is 5.32 Å². The molecule has 0 unspecified atom stereocenters. The standard InChI is InChI=1S/C26H22F3N5OS/c1-15-22(17(3)34(33-15)21-9-8-20(12-30)23(11-21)26(27,28)29)10-18-4-6-19(7-5-18)13-31-25(35)24-16(2)32-14-36-24/h4-9,11,14H,10,13H2,1-3H3,(H,31,35). The summed E-state index contributed by atoms with van der Waals surface area (Å²) in [6, 6.07) is 13.0. The number of hydrogen-bond donors (Lipinski definition) is 1. The lowest BCUT2D eigenvalue weighted by molar-refractivity contribution is -0.137. The number of hydrogen-bond acceptors (Lipinski definition) is 5. The Balaban J connectivity index is 1.50. The molecule has 2 heterocycles. The molecular weight excluding hydrogens is 487 g/mol. The fourth-order valence-electron chi connectivity index (χ4n) is 3.94. The number of carbonyl (C=O) groups is 1. The summed E-state index contributed by atoms with van der Waals surface area (Å²) in [5, 5.41) is 16.4. The maximum Gasteiger partial charge on any atom is 0.417 e. The Hall–Kier alpha value is -3.97. The van der Waals surface area contributed by atoms with Crippen LogP contribution in [0.4, 0.5) is 13.2 Å². The van der Waals surface area contributed by atoms with Crippen LogP contribution in [0.25, 0.3) is 5.69 Å². The van der Waals surface area contributed by atoms with Gasteiger partial charge in [-0.3, -0.25) is 4.79 Å². The summed E-state index contributed by atoms with van der Waals surface area (Å²) in [7, 11) is 0. The topological polar surface area (TPSA) is 83.6 Å². The van der Waals surface area contributed by atoms with Gasteiger partial charge in [-0.1, -0.05) is 24.3 Å². The summed E-state index contributed by atoms with van der Waals surface area (Å²) in [5.41, 5.74) is 5.47. The number of nitrogens with zero attached hydrogens (tertiary/aromatic N) is 4. The highest BCUT2D eigenvalue weighted by Gasteiger charge is 2.34. The Kier molecular flexibility index (Phi) is 6.95. The van der Waals surface area contributed by atoms with Gasteiger partial charge in [-0.15, -0.1) is 11.3 Å². The molecular formula is C26H22F3N5OS. The third-order valence-electron chi connectivity index (χ3n) is 5.92. The fraction of sp³-hybridized carbons (Fsp3) is 0.231. The van der Waals surface area contributed by atoms with Crippen LogP contribution in [0.1, 0.15) is 54.6 Å². The molecule has 184 valence electrons. The van der Waals surface area contributed by atoms with Crippen LogP contribution in [-0.2, 0) is 19.1 Å². The second-order valence-corrected chi connectivity index (χ2v) is 9.20.